The molecule has 0 saturated carbocycles. The zero-order valence-electron chi connectivity index (χ0n) is 13.1. The highest BCUT2D eigenvalue weighted by Gasteiger charge is 2.17. The van der Waals surface area contributed by atoms with E-state index in [9.17, 15) is 17.6 Å². The lowest BCUT2D eigenvalue weighted by Crippen LogP contribution is -2.38. The Hall–Kier alpha value is -2.41. The molecule has 0 unspecified atom stereocenters. The molecule has 0 radical (unpaired) electrons. The molecule has 5 nitrogen and oxygen atoms in total. The number of carbonyl (C=O) groups is 1. The SMILES string of the molecule is C[C@H](Oc1ccc(F)cc1)C(=O)NCCS(=O)(=O)c1ccccc1. The van der Waals surface area contributed by atoms with Gasteiger partial charge in [-0.15, -0.1) is 0 Å². The van der Waals surface area contributed by atoms with E-state index in [1.54, 1.807) is 18.2 Å². The molecule has 0 aliphatic heterocycles. The van der Waals surface area contributed by atoms with Crippen molar-refractivity contribution in [1.29, 1.82) is 0 Å². The lowest BCUT2D eigenvalue weighted by Gasteiger charge is -2.14. The first-order valence-corrected chi connectivity index (χ1v) is 9.01. The van der Waals surface area contributed by atoms with Crippen LogP contribution in [0.25, 0.3) is 0 Å². The maximum absolute atomic E-state index is 12.8. The third kappa shape index (κ3) is 5.06. The van der Waals surface area contributed by atoms with E-state index in [1.807, 2.05) is 0 Å². The number of ether oxygens (including phenoxy) is 1. The molecule has 128 valence electrons. The molecule has 0 bridgehead atoms. The molecule has 1 atom stereocenters. The van der Waals surface area contributed by atoms with Crippen molar-refractivity contribution in [1.82, 2.24) is 5.32 Å². The second-order valence-corrected chi connectivity index (χ2v) is 7.25. The third-order valence-electron chi connectivity index (χ3n) is 3.27. The molecular weight excluding hydrogens is 333 g/mol. The summed E-state index contributed by atoms with van der Waals surface area (Å²) >= 11 is 0. The Morgan fingerprint density at radius 3 is 2.38 bits per heavy atom. The van der Waals surface area contributed by atoms with Crippen molar-refractivity contribution < 1.29 is 22.3 Å². The highest BCUT2D eigenvalue weighted by molar-refractivity contribution is 7.91. The number of nitrogens with one attached hydrogen (secondary N) is 1. The zero-order chi connectivity index (χ0) is 17.6. The minimum Gasteiger partial charge on any atom is -0.481 e. The maximum atomic E-state index is 12.8. The Morgan fingerprint density at radius 1 is 1.12 bits per heavy atom. The van der Waals surface area contributed by atoms with Gasteiger partial charge in [0.05, 0.1) is 10.6 Å². The first-order valence-electron chi connectivity index (χ1n) is 7.36. The molecule has 24 heavy (non-hydrogen) atoms. The summed E-state index contributed by atoms with van der Waals surface area (Å²) in [6.45, 7) is 1.51. The van der Waals surface area contributed by atoms with Crippen LogP contribution in [0, 0.1) is 5.82 Å². The highest BCUT2D eigenvalue weighted by Crippen LogP contribution is 2.13. The lowest BCUT2D eigenvalue weighted by atomic mass is 10.3. The summed E-state index contributed by atoms with van der Waals surface area (Å²) in [4.78, 5) is 12.1. The van der Waals surface area contributed by atoms with Crippen molar-refractivity contribution in [3.63, 3.8) is 0 Å². The van der Waals surface area contributed by atoms with E-state index in [0.717, 1.165) is 0 Å². The van der Waals surface area contributed by atoms with Crippen LogP contribution in [0.15, 0.2) is 59.5 Å². The monoisotopic (exact) mass is 351 g/mol. The van der Waals surface area contributed by atoms with Gasteiger partial charge < -0.3 is 10.1 Å². The van der Waals surface area contributed by atoms with Crippen LogP contribution >= 0.6 is 0 Å². The molecule has 2 aromatic rings. The highest BCUT2D eigenvalue weighted by atomic mass is 32.2. The minimum absolute atomic E-state index is 0.0207. The van der Waals surface area contributed by atoms with Gasteiger partial charge in [-0.2, -0.15) is 0 Å². The number of hydrogen-bond donors (Lipinski definition) is 1. The molecule has 0 aliphatic carbocycles. The molecule has 0 saturated heterocycles. The van der Waals surface area contributed by atoms with Gasteiger partial charge in [0.1, 0.15) is 11.6 Å². The topological polar surface area (TPSA) is 72.5 Å². The molecule has 0 aliphatic rings. The summed E-state index contributed by atoms with van der Waals surface area (Å²) in [7, 11) is -3.44. The fraction of sp³-hybridized carbons (Fsp3) is 0.235. The van der Waals surface area contributed by atoms with Crippen molar-refractivity contribution >= 4 is 15.7 Å². The number of sulfone groups is 1. The molecule has 2 rings (SSSR count). The summed E-state index contributed by atoms with van der Waals surface area (Å²) in [6, 6.07) is 13.3. The summed E-state index contributed by atoms with van der Waals surface area (Å²) in [5.41, 5.74) is 0. The van der Waals surface area contributed by atoms with E-state index in [-0.39, 0.29) is 17.2 Å². The Kier molecular flexibility index (Phi) is 5.92. The average Bonchev–Trinajstić information content (AvgIpc) is 2.57. The Balaban J connectivity index is 1.83. The van der Waals surface area contributed by atoms with Gasteiger partial charge in [-0.3, -0.25) is 4.79 Å². The molecule has 1 amide bonds. The van der Waals surface area contributed by atoms with E-state index in [0.29, 0.717) is 5.75 Å². The Morgan fingerprint density at radius 2 is 1.75 bits per heavy atom. The molecule has 0 spiro atoms. The van der Waals surface area contributed by atoms with Crippen LogP contribution in [-0.4, -0.2) is 32.7 Å². The van der Waals surface area contributed by atoms with Gasteiger partial charge in [0.15, 0.2) is 15.9 Å². The number of hydrogen-bond acceptors (Lipinski definition) is 4. The smallest absolute Gasteiger partial charge is 0.260 e. The fourth-order valence-corrected chi connectivity index (χ4v) is 3.15. The van der Waals surface area contributed by atoms with Crippen LogP contribution in [0.3, 0.4) is 0 Å². The number of rotatable bonds is 7. The summed E-state index contributed by atoms with van der Waals surface area (Å²) in [5, 5.41) is 2.52. The van der Waals surface area contributed by atoms with Gasteiger partial charge in [-0.05, 0) is 43.3 Å². The van der Waals surface area contributed by atoms with E-state index in [4.69, 9.17) is 4.74 Å². The summed E-state index contributed by atoms with van der Waals surface area (Å²) in [6.07, 6.45) is -0.824. The summed E-state index contributed by atoms with van der Waals surface area (Å²) < 4.78 is 42.4. The van der Waals surface area contributed by atoms with Crippen LogP contribution in [0.4, 0.5) is 4.39 Å². The molecule has 0 aromatic heterocycles. The number of amides is 1. The average molecular weight is 351 g/mol. The molecule has 0 heterocycles. The van der Waals surface area contributed by atoms with Crippen molar-refractivity contribution in [3.05, 3.63) is 60.4 Å². The Bertz CT molecular complexity index is 776. The predicted octanol–water partition coefficient (Wildman–Crippen LogP) is 2.18. The molecule has 7 heteroatoms. The third-order valence-corrected chi connectivity index (χ3v) is 5.00. The molecular formula is C17H18FNO4S. The number of halogens is 1. The second kappa shape index (κ2) is 7.92. The van der Waals surface area contributed by atoms with Crippen LogP contribution in [0.1, 0.15) is 6.92 Å². The largest absolute Gasteiger partial charge is 0.481 e. The lowest BCUT2D eigenvalue weighted by molar-refractivity contribution is -0.127. The normalized spacial score (nSPS) is 12.4. The Labute approximate surface area is 140 Å². The van der Waals surface area contributed by atoms with Gasteiger partial charge in [0.2, 0.25) is 0 Å². The van der Waals surface area contributed by atoms with E-state index < -0.39 is 27.7 Å². The van der Waals surface area contributed by atoms with E-state index >= 15 is 0 Å². The molecule has 1 N–H and O–H groups in total. The first-order chi connectivity index (χ1) is 11.4. The van der Waals surface area contributed by atoms with E-state index in [2.05, 4.69) is 5.32 Å². The van der Waals surface area contributed by atoms with Gasteiger partial charge >= 0.3 is 0 Å². The van der Waals surface area contributed by atoms with Crippen LogP contribution < -0.4 is 10.1 Å². The van der Waals surface area contributed by atoms with Gasteiger partial charge in [-0.1, -0.05) is 18.2 Å². The minimum atomic E-state index is -3.44. The van der Waals surface area contributed by atoms with Gasteiger partial charge in [-0.25, -0.2) is 12.8 Å². The zero-order valence-corrected chi connectivity index (χ0v) is 13.9. The predicted molar refractivity (Wildman–Crippen MR) is 88.0 cm³/mol. The van der Waals surface area contributed by atoms with Gasteiger partial charge in [0, 0.05) is 6.54 Å². The fourth-order valence-electron chi connectivity index (χ4n) is 1.97. The number of carbonyl (C=O) groups excluding carboxylic acids is 1. The molecule has 0 fully saturated rings. The van der Waals surface area contributed by atoms with Crippen molar-refractivity contribution in [2.75, 3.05) is 12.3 Å². The first kappa shape index (κ1) is 17.9. The van der Waals surface area contributed by atoms with Crippen LogP contribution in [0.2, 0.25) is 0 Å². The number of benzene rings is 2. The molecule has 2 aromatic carbocycles. The van der Waals surface area contributed by atoms with Gasteiger partial charge in [0.25, 0.3) is 5.91 Å². The standard InChI is InChI=1S/C17H18FNO4S/c1-13(23-15-9-7-14(18)8-10-15)17(20)19-11-12-24(21,22)16-5-3-2-4-6-16/h2-10,13H,11-12H2,1H3,(H,19,20)/t13-/m0/s1. The van der Waals surface area contributed by atoms with Crippen LogP contribution in [-0.2, 0) is 14.6 Å². The second-order valence-electron chi connectivity index (χ2n) is 5.14. The quantitative estimate of drug-likeness (QED) is 0.830. The van der Waals surface area contributed by atoms with Crippen molar-refractivity contribution in [2.24, 2.45) is 0 Å². The van der Waals surface area contributed by atoms with E-state index in [1.165, 1.54) is 43.3 Å². The maximum Gasteiger partial charge on any atom is 0.260 e. The van der Waals surface area contributed by atoms with Crippen molar-refractivity contribution in [3.8, 4) is 5.75 Å². The summed E-state index contributed by atoms with van der Waals surface area (Å²) in [5.74, 6) is -0.685. The van der Waals surface area contributed by atoms with Crippen LogP contribution in [0.5, 0.6) is 5.75 Å². The van der Waals surface area contributed by atoms with Crippen molar-refractivity contribution in [2.45, 2.75) is 17.9 Å².